The van der Waals surface area contributed by atoms with Crippen LogP contribution in [0.4, 0.5) is 5.69 Å². The summed E-state index contributed by atoms with van der Waals surface area (Å²) in [5.41, 5.74) is 3.18. The first kappa shape index (κ1) is 13.1. The highest BCUT2D eigenvalue weighted by molar-refractivity contribution is 5.96. The fourth-order valence-electron chi connectivity index (χ4n) is 2.40. The van der Waals surface area contributed by atoms with Gasteiger partial charge in [0.05, 0.1) is 12.6 Å². The third-order valence-electron chi connectivity index (χ3n) is 3.24. The lowest BCUT2D eigenvalue weighted by molar-refractivity contribution is -0.127. The maximum atomic E-state index is 12.0. The van der Waals surface area contributed by atoms with E-state index < -0.39 is 0 Å². The number of aliphatic hydroxyl groups excluding tert-OH is 1. The van der Waals surface area contributed by atoms with Crippen LogP contribution in [0.5, 0.6) is 0 Å². The Hall–Kier alpha value is -1.39. The van der Waals surface area contributed by atoms with Gasteiger partial charge in [0, 0.05) is 12.3 Å². The largest absolute Gasteiger partial charge is 0.396 e. The van der Waals surface area contributed by atoms with Crippen LogP contribution in [0.15, 0.2) is 18.2 Å². The van der Waals surface area contributed by atoms with Crippen molar-refractivity contribution in [1.29, 1.82) is 0 Å². The van der Waals surface area contributed by atoms with Crippen molar-refractivity contribution in [1.82, 2.24) is 0 Å². The molecule has 1 N–H and O–H groups in total. The van der Waals surface area contributed by atoms with E-state index in [1.807, 2.05) is 26.0 Å². The highest BCUT2D eigenvalue weighted by Gasteiger charge is 2.30. The molecule has 0 aromatic heterocycles. The van der Waals surface area contributed by atoms with Crippen molar-refractivity contribution in [2.75, 3.05) is 24.7 Å². The summed E-state index contributed by atoms with van der Waals surface area (Å²) < 4.78 is 5.26. The van der Waals surface area contributed by atoms with E-state index in [1.54, 1.807) is 4.90 Å². The van der Waals surface area contributed by atoms with Crippen molar-refractivity contribution in [2.45, 2.75) is 26.3 Å². The number of ether oxygens (including phenoxy) is 1. The average Bonchev–Trinajstić information content (AvgIpc) is 2.31. The smallest absolute Gasteiger partial charge is 0.253 e. The molecule has 4 heteroatoms. The number of benzene rings is 1. The van der Waals surface area contributed by atoms with E-state index >= 15 is 0 Å². The molecule has 98 valence electrons. The van der Waals surface area contributed by atoms with Gasteiger partial charge in [0.25, 0.3) is 5.91 Å². The lowest BCUT2D eigenvalue weighted by atomic mass is 10.1. The Bertz CT molecular complexity index is 443. The minimum Gasteiger partial charge on any atom is -0.396 e. The van der Waals surface area contributed by atoms with Gasteiger partial charge in [0.1, 0.15) is 6.61 Å². The first-order valence-electron chi connectivity index (χ1n) is 6.21. The molecule has 1 saturated heterocycles. The molecule has 0 spiro atoms. The van der Waals surface area contributed by atoms with Gasteiger partial charge in [-0.15, -0.1) is 0 Å². The monoisotopic (exact) mass is 249 g/mol. The summed E-state index contributed by atoms with van der Waals surface area (Å²) in [6.45, 7) is 4.70. The van der Waals surface area contributed by atoms with Gasteiger partial charge in [-0.1, -0.05) is 17.7 Å². The molecule has 1 amide bonds. The predicted octanol–water partition coefficient (Wildman–Crippen LogP) is 1.42. The molecule has 1 aliphatic heterocycles. The van der Waals surface area contributed by atoms with Crippen LogP contribution in [0.1, 0.15) is 17.5 Å². The number of nitrogens with zero attached hydrogens (tertiary/aromatic N) is 1. The number of carbonyl (C=O) groups excluding carboxylic acids is 1. The van der Waals surface area contributed by atoms with Crippen LogP contribution in [0.2, 0.25) is 0 Å². The number of carbonyl (C=O) groups is 1. The van der Waals surface area contributed by atoms with Crippen molar-refractivity contribution in [3.8, 4) is 0 Å². The minimum atomic E-state index is -0.0716. The molecule has 1 fully saturated rings. The molecule has 18 heavy (non-hydrogen) atoms. The van der Waals surface area contributed by atoms with E-state index in [9.17, 15) is 4.79 Å². The molecule has 1 unspecified atom stereocenters. The van der Waals surface area contributed by atoms with E-state index in [-0.39, 0.29) is 25.2 Å². The number of morpholine rings is 1. The summed E-state index contributed by atoms with van der Waals surface area (Å²) in [4.78, 5) is 13.8. The first-order chi connectivity index (χ1) is 8.63. The van der Waals surface area contributed by atoms with Gasteiger partial charge in [-0.2, -0.15) is 0 Å². The first-order valence-corrected chi connectivity index (χ1v) is 6.21. The Morgan fingerprint density at radius 2 is 2.22 bits per heavy atom. The summed E-state index contributed by atoms with van der Waals surface area (Å²) in [7, 11) is 0. The van der Waals surface area contributed by atoms with E-state index in [0.29, 0.717) is 13.0 Å². The summed E-state index contributed by atoms with van der Waals surface area (Å²) >= 11 is 0. The second-order valence-corrected chi connectivity index (χ2v) is 4.73. The zero-order valence-corrected chi connectivity index (χ0v) is 10.8. The summed E-state index contributed by atoms with van der Waals surface area (Å²) in [5.74, 6) is -0.0355. The summed E-state index contributed by atoms with van der Waals surface area (Å²) in [5, 5.41) is 9.09. The second-order valence-electron chi connectivity index (χ2n) is 4.73. The van der Waals surface area contributed by atoms with Gasteiger partial charge in [0.15, 0.2) is 0 Å². The molecule has 0 saturated carbocycles. The summed E-state index contributed by atoms with van der Waals surface area (Å²) in [6, 6.07) is 5.96. The molecular weight excluding hydrogens is 230 g/mol. The number of aryl methyl sites for hydroxylation is 2. The van der Waals surface area contributed by atoms with Crippen LogP contribution in [0.25, 0.3) is 0 Å². The van der Waals surface area contributed by atoms with Crippen LogP contribution in [0, 0.1) is 13.8 Å². The maximum absolute atomic E-state index is 12.0. The van der Waals surface area contributed by atoms with Gasteiger partial charge >= 0.3 is 0 Å². The number of hydrogen-bond donors (Lipinski definition) is 1. The van der Waals surface area contributed by atoms with Crippen molar-refractivity contribution in [3.63, 3.8) is 0 Å². The summed E-state index contributed by atoms with van der Waals surface area (Å²) in [6.07, 6.45) is 0.541. The van der Waals surface area contributed by atoms with Crippen molar-refractivity contribution in [3.05, 3.63) is 29.3 Å². The SMILES string of the molecule is Cc1ccc(N2C(=O)COCC2CCO)c(C)c1. The third-order valence-corrected chi connectivity index (χ3v) is 3.24. The quantitative estimate of drug-likeness (QED) is 0.881. The van der Waals surface area contributed by atoms with Gasteiger partial charge in [0.2, 0.25) is 0 Å². The molecule has 1 heterocycles. The van der Waals surface area contributed by atoms with Crippen molar-refractivity contribution in [2.24, 2.45) is 0 Å². The van der Waals surface area contributed by atoms with Crippen molar-refractivity contribution < 1.29 is 14.6 Å². The average molecular weight is 249 g/mol. The molecular formula is C14H19NO3. The number of rotatable bonds is 3. The third kappa shape index (κ3) is 2.54. The number of aliphatic hydroxyl groups is 1. The predicted molar refractivity (Wildman–Crippen MR) is 69.7 cm³/mol. The Morgan fingerprint density at radius 1 is 1.44 bits per heavy atom. The maximum Gasteiger partial charge on any atom is 0.253 e. The molecule has 0 bridgehead atoms. The molecule has 1 aromatic carbocycles. The van der Waals surface area contributed by atoms with E-state index in [1.165, 1.54) is 5.56 Å². The molecule has 4 nitrogen and oxygen atoms in total. The number of anilines is 1. The highest BCUT2D eigenvalue weighted by atomic mass is 16.5. The standard InChI is InChI=1S/C14H19NO3/c1-10-3-4-13(11(2)7-10)15-12(5-6-16)8-18-9-14(15)17/h3-4,7,12,16H,5-6,8-9H2,1-2H3. The molecule has 0 aliphatic carbocycles. The Kier molecular flexibility index (Phi) is 3.99. The Morgan fingerprint density at radius 3 is 2.89 bits per heavy atom. The fourth-order valence-corrected chi connectivity index (χ4v) is 2.40. The molecule has 0 radical (unpaired) electrons. The molecule has 1 atom stereocenters. The van der Waals surface area contributed by atoms with Crippen LogP contribution in [-0.2, 0) is 9.53 Å². The minimum absolute atomic E-state index is 0.0355. The fraction of sp³-hybridized carbons (Fsp3) is 0.500. The molecule has 2 rings (SSSR count). The van der Waals surface area contributed by atoms with E-state index in [0.717, 1.165) is 11.3 Å². The zero-order chi connectivity index (χ0) is 13.1. The Balaban J connectivity index is 2.34. The molecule has 1 aromatic rings. The van der Waals surface area contributed by atoms with Crippen LogP contribution < -0.4 is 4.90 Å². The van der Waals surface area contributed by atoms with E-state index in [4.69, 9.17) is 9.84 Å². The van der Waals surface area contributed by atoms with E-state index in [2.05, 4.69) is 6.07 Å². The second kappa shape index (κ2) is 5.50. The number of hydrogen-bond acceptors (Lipinski definition) is 3. The number of amides is 1. The zero-order valence-electron chi connectivity index (χ0n) is 10.8. The normalized spacial score (nSPS) is 20.3. The molecule has 1 aliphatic rings. The lowest BCUT2D eigenvalue weighted by Gasteiger charge is -2.36. The van der Waals surface area contributed by atoms with Crippen molar-refractivity contribution >= 4 is 11.6 Å². The van der Waals surface area contributed by atoms with Gasteiger partial charge in [-0.25, -0.2) is 0 Å². The van der Waals surface area contributed by atoms with Gasteiger partial charge in [-0.3, -0.25) is 4.79 Å². The van der Waals surface area contributed by atoms with Crippen LogP contribution in [0.3, 0.4) is 0 Å². The van der Waals surface area contributed by atoms with Gasteiger partial charge < -0.3 is 14.7 Å². The topological polar surface area (TPSA) is 49.8 Å². The van der Waals surface area contributed by atoms with Crippen LogP contribution in [-0.4, -0.2) is 36.9 Å². The highest BCUT2D eigenvalue weighted by Crippen LogP contribution is 2.26. The Labute approximate surface area is 107 Å². The lowest BCUT2D eigenvalue weighted by Crippen LogP contribution is -2.50. The van der Waals surface area contributed by atoms with Crippen LogP contribution >= 0.6 is 0 Å². The van der Waals surface area contributed by atoms with Gasteiger partial charge in [-0.05, 0) is 31.9 Å².